The van der Waals surface area contributed by atoms with Gasteiger partial charge >= 0.3 is 0 Å². The summed E-state index contributed by atoms with van der Waals surface area (Å²) in [6.07, 6.45) is 14.0. The van der Waals surface area contributed by atoms with Crippen LogP contribution in [0.4, 0.5) is 0 Å². The van der Waals surface area contributed by atoms with Gasteiger partial charge in [0.2, 0.25) is 0 Å². The van der Waals surface area contributed by atoms with Crippen molar-refractivity contribution in [2.75, 3.05) is 0 Å². The van der Waals surface area contributed by atoms with Gasteiger partial charge in [-0.25, -0.2) is 0 Å². The third-order valence-electron chi connectivity index (χ3n) is 6.66. The lowest BCUT2D eigenvalue weighted by Crippen LogP contribution is -2.08. The molecule has 1 aliphatic carbocycles. The van der Waals surface area contributed by atoms with E-state index in [0.29, 0.717) is 16.6 Å². The Balaban J connectivity index is 1.78. The van der Waals surface area contributed by atoms with Crippen molar-refractivity contribution in [3.63, 3.8) is 0 Å². The van der Waals surface area contributed by atoms with Crippen LogP contribution in [0.25, 0.3) is 0 Å². The standard InChI is InChI=1S/C24H40O2/c1-5-23(2,3)15-9-6-7-12-20-21(25)14-13-19(22(20)26)11-8-10-16-24(4)17-18-24/h13-14,25-26H,5-12,15-18H2,1-4H3. The van der Waals surface area contributed by atoms with E-state index in [0.717, 1.165) is 43.2 Å². The van der Waals surface area contributed by atoms with E-state index >= 15 is 0 Å². The van der Waals surface area contributed by atoms with Crippen LogP contribution in [0.15, 0.2) is 12.1 Å². The highest BCUT2D eigenvalue weighted by molar-refractivity contribution is 5.48. The Morgan fingerprint density at radius 2 is 1.65 bits per heavy atom. The summed E-state index contributed by atoms with van der Waals surface area (Å²) >= 11 is 0. The van der Waals surface area contributed by atoms with Gasteiger partial charge in [-0.1, -0.05) is 59.4 Å². The molecule has 0 heterocycles. The van der Waals surface area contributed by atoms with E-state index in [4.69, 9.17) is 0 Å². The molecule has 148 valence electrons. The average molecular weight is 361 g/mol. The Labute approximate surface area is 161 Å². The largest absolute Gasteiger partial charge is 0.508 e. The van der Waals surface area contributed by atoms with Crippen molar-refractivity contribution in [1.29, 1.82) is 0 Å². The third-order valence-corrected chi connectivity index (χ3v) is 6.66. The van der Waals surface area contributed by atoms with Crippen LogP contribution >= 0.6 is 0 Å². The van der Waals surface area contributed by atoms with Crippen LogP contribution in [0.1, 0.15) is 103 Å². The summed E-state index contributed by atoms with van der Waals surface area (Å²) in [4.78, 5) is 0. The molecule has 0 amide bonds. The molecule has 0 saturated heterocycles. The number of hydrogen-bond acceptors (Lipinski definition) is 2. The maximum Gasteiger partial charge on any atom is 0.125 e. The Morgan fingerprint density at radius 1 is 0.962 bits per heavy atom. The Hall–Kier alpha value is -1.18. The van der Waals surface area contributed by atoms with Gasteiger partial charge in [0.15, 0.2) is 0 Å². The molecule has 1 aromatic carbocycles. The van der Waals surface area contributed by atoms with E-state index < -0.39 is 0 Å². The Bertz CT molecular complexity index is 570. The molecule has 1 aromatic rings. The molecule has 2 N–H and O–H groups in total. The zero-order chi connectivity index (χ0) is 19.2. The monoisotopic (exact) mass is 360 g/mol. The number of aromatic hydroxyl groups is 2. The molecule has 0 spiro atoms. The fourth-order valence-electron chi connectivity index (χ4n) is 3.71. The molecule has 0 atom stereocenters. The lowest BCUT2D eigenvalue weighted by Gasteiger charge is -2.22. The molecule has 2 rings (SSSR count). The second-order valence-electron chi connectivity index (χ2n) is 9.67. The van der Waals surface area contributed by atoms with E-state index in [1.807, 2.05) is 6.07 Å². The van der Waals surface area contributed by atoms with E-state index in [9.17, 15) is 10.2 Å². The first-order valence-electron chi connectivity index (χ1n) is 10.8. The van der Waals surface area contributed by atoms with Gasteiger partial charge in [0.25, 0.3) is 0 Å². The second-order valence-corrected chi connectivity index (χ2v) is 9.67. The highest BCUT2D eigenvalue weighted by Gasteiger charge is 2.35. The topological polar surface area (TPSA) is 40.5 Å². The Morgan fingerprint density at radius 3 is 2.31 bits per heavy atom. The molecule has 0 aromatic heterocycles. The zero-order valence-corrected chi connectivity index (χ0v) is 17.5. The number of hydrogen-bond donors (Lipinski definition) is 2. The van der Waals surface area contributed by atoms with E-state index in [-0.39, 0.29) is 5.75 Å². The van der Waals surface area contributed by atoms with Crippen molar-refractivity contribution < 1.29 is 10.2 Å². The lowest BCUT2D eigenvalue weighted by molar-refractivity contribution is 0.307. The van der Waals surface area contributed by atoms with Crippen LogP contribution < -0.4 is 0 Å². The van der Waals surface area contributed by atoms with Crippen molar-refractivity contribution in [1.82, 2.24) is 0 Å². The first kappa shape index (κ1) is 21.1. The predicted octanol–water partition coefficient (Wildman–Crippen LogP) is 7.15. The fourth-order valence-corrected chi connectivity index (χ4v) is 3.71. The van der Waals surface area contributed by atoms with Crippen molar-refractivity contribution in [3.05, 3.63) is 23.3 Å². The van der Waals surface area contributed by atoms with Crippen molar-refractivity contribution in [3.8, 4) is 11.5 Å². The van der Waals surface area contributed by atoms with Crippen LogP contribution in [0.2, 0.25) is 0 Å². The molecule has 0 bridgehead atoms. The van der Waals surface area contributed by atoms with E-state index in [1.165, 1.54) is 44.9 Å². The molecule has 1 aliphatic rings. The Kier molecular flexibility index (Phi) is 7.43. The van der Waals surface area contributed by atoms with Gasteiger partial charge in [0.1, 0.15) is 11.5 Å². The number of phenolic OH excluding ortho intramolecular Hbond substituents is 2. The summed E-state index contributed by atoms with van der Waals surface area (Å²) < 4.78 is 0. The van der Waals surface area contributed by atoms with E-state index in [2.05, 4.69) is 27.7 Å². The zero-order valence-electron chi connectivity index (χ0n) is 17.5. The van der Waals surface area contributed by atoms with Crippen LogP contribution in [0, 0.1) is 10.8 Å². The smallest absolute Gasteiger partial charge is 0.125 e. The molecular weight excluding hydrogens is 320 g/mol. The van der Waals surface area contributed by atoms with Gasteiger partial charge in [-0.2, -0.15) is 0 Å². The summed E-state index contributed by atoms with van der Waals surface area (Å²) in [6.45, 7) is 9.30. The van der Waals surface area contributed by atoms with Crippen LogP contribution in [0.3, 0.4) is 0 Å². The summed E-state index contributed by atoms with van der Waals surface area (Å²) in [5.41, 5.74) is 2.81. The van der Waals surface area contributed by atoms with Crippen LogP contribution in [-0.2, 0) is 12.8 Å². The van der Waals surface area contributed by atoms with Crippen molar-refractivity contribution in [2.45, 2.75) is 105 Å². The minimum Gasteiger partial charge on any atom is -0.508 e. The molecule has 2 nitrogen and oxygen atoms in total. The highest BCUT2D eigenvalue weighted by atomic mass is 16.3. The van der Waals surface area contributed by atoms with Crippen LogP contribution in [-0.4, -0.2) is 10.2 Å². The summed E-state index contributed by atoms with van der Waals surface area (Å²) in [5.74, 6) is 0.599. The molecule has 0 radical (unpaired) electrons. The molecule has 26 heavy (non-hydrogen) atoms. The summed E-state index contributed by atoms with van der Waals surface area (Å²) in [7, 11) is 0. The number of rotatable bonds is 12. The van der Waals surface area contributed by atoms with Gasteiger partial charge in [-0.15, -0.1) is 0 Å². The molecule has 2 heteroatoms. The minimum absolute atomic E-state index is 0.255. The minimum atomic E-state index is 0.255. The van der Waals surface area contributed by atoms with Gasteiger partial charge in [-0.3, -0.25) is 0 Å². The predicted molar refractivity (Wildman–Crippen MR) is 111 cm³/mol. The molecule has 0 aliphatic heterocycles. The number of phenols is 2. The van der Waals surface area contributed by atoms with Gasteiger partial charge in [0.05, 0.1) is 0 Å². The number of benzene rings is 1. The molecule has 1 fully saturated rings. The number of aryl methyl sites for hydroxylation is 1. The van der Waals surface area contributed by atoms with Gasteiger partial charge in [0, 0.05) is 5.56 Å². The highest BCUT2D eigenvalue weighted by Crippen LogP contribution is 2.49. The molecular formula is C24H40O2. The van der Waals surface area contributed by atoms with E-state index in [1.54, 1.807) is 6.07 Å². The average Bonchev–Trinajstić information content (AvgIpc) is 3.33. The summed E-state index contributed by atoms with van der Waals surface area (Å²) in [6, 6.07) is 3.67. The third kappa shape index (κ3) is 6.52. The van der Waals surface area contributed by atoms with Gasteiger partial charge < -0.3 is 10.2 Å². The number of unbranched alkanes of at least 4 members (excludes halogenated alkanes) is 3. The maximum absolute atomic E-state index is 10.6. The van der Waals surface area contributed by atoms with Gasteiger partial charge in [-0.05, 0) is 73.8 Å². The van der Waals surface area contributed by atoms with Crippen LogP contribution in [0.5, 0.6) is 11.5 Å². The van der Waals surface area contributed by atoms with Crippen molar-refractivity contribution >= 4 is 0 Å². The van der Waals surface area contributed by atoms with Crippen molar-refractivity contribution in [2.24, 2.45) is 10.8 Å². The summed E-state index contributed by atoms with van der Waals surface area (Å²) in [5, 5.41) is 20.8. The second kappa shape index (κ2) is 9.15. The quantitative estimate of drug-likeness (QED) is 0.388. The maximum atomic E-state index is 10.6. The SMILES string of the molecule is CCC(C)(C)CCCCCc1c(O)ccc(CCCCC2(C)CC2)c1O. The molecule has 0 unspecified atom stereocenters. The normalized spacial score (nSPS) is 16.0. The lowest BCUT2D eigenvalue weighted by atomic mass is 9.84. The fraction of sp³-hybridized carbons (Fsp3) is 0.750. The molecule has 1 saturated carbocycles. The first-order chi connectivity index (χ1) is 12.3. The first-order valence-corrected chi connectivity index (χ1v) is 10.8.